The molecule has 0 aromatic carbocycles. The van der Waals surface area contributed by atoms with Crippen molar-refractivity contribution >= 4 is 11.8 Å². The standard InChI is InChI=1S/C17H22N6O4/c1-26-14-10-27-9-13(14)21-16(24)12-8-23-5-4-22(3-2-15(23)20-12)17(25)11-6-18-19-7-11/h6-8,13-14H,2-5,9-10H2,1H3,(H,18,19)(H,21,24)/t13-,14+/m0/s1. The van der Waals surface area contributed by atoms with Crippen molar-refractivity contribution < 1.29 is 19.1 Å². The molecule has 2 aromatic heterocycles. The molecule has 27 heavy (non-hydrogen) atoms. The maximum absolute atomic E-state index is 12.5. The van der Waals surface area contributed by atoms with Crippen molar-refractivity contribution in [1.29, 1.82) is 0 Å². The number of aromatic nitrogens is 4. The van der Waals surface area contributed by atoms with Crippen molar-refractivity contribution in [2.45, 2.75) is 25.1 Å². The number of nitrogens with zero attached hydrogens (tertiary/aromatic N) is 4. The van der Waals surface area contributed by atoms with Gasteiger partial charge in [0.25, 0.3) is 11.8 Å². The minimum atomic E-state index is -0.237. The van der Waals surface area contributed by atoms with E-state index in [2.05, 4.69) is 20.5 Å². The normalized spacial score (nSPS) is 22.3. The monoisotopic (exact) mass is 374 g/mol. The lowest BCUT2D eigenvalue weighted by molar-refractivity contribution is 0.0683. The number of H-pyrrole nitrogens is 1. The molecule has 0 bridgehead atoms. The van der Waals surface area contributed by atoms with E-state index in [0.717, 1.165) is 5.82 Å². The van der Waals surface area contributed by atoms with E-state index < -0.39 is 0 Å². The average molecular weight is 374 g/mol. The van der Waals surface area contributed by atoms with Crippen LogP contribution >= 0.6 is 0 Å². The van der Waals surface area contributed by atoms with Crippen LogP contribution in [0.5, 0.6) is 0 Å². The smallest absolute Gasteiger partial charge is 0.271 e. The van der Waals surface area contributed by atoms with Crippen molar-refractivity contribution in [2.24, 2.45) is 0 Å². The van der Waals surface area contributed by atoms with Gasteiger partial charge in [-0.05, 0) is 0 Å². The number of hydrogen-bond donors (Lipinski definition) is 2. The lowest BCUT2D eigenvalue weighted by Crippen LogP contribution is -2.43. The first-order valence-electron chi connectivity index (χ1n) is 8.91. The van der Waals surface area contributed by atoms with Crippen LogP contribution in [0.3, 0.4) is 0 Å². The number of carbonyl (C=O) groups is 2. The van der Waals surface area contributed by atoms with Crippen molar-refractivity contribution in [3.63, 3.8) is 0 Å². The molecule has 10 nitrogen and oxygen atoms in total. The summed E-state index contributed by atoms with van der Waals surface area (Å²) < 4.78 is 12.6. The van der Waals surface area contributed by atoms with Gasteiger partial charge in [0, 0.05) is 45.6 Å². The Morgan fingerprint density at radius 1 is 1.33 bits per heavy atom. The zero-order chi connectivity index (χ0) is 18.8. The molecule has 2 N–H and O–H groups in total. The molecule has 0 spiro atoms. The first kappa shape index (κ1) is 17.7. The number of amides is 2. The molecule has 10 heteroatoms. The molecule has 4 rings (SSSR count). The largest absolute Gasteiger partial charge is 0.377 e. The van der Waals surface area contributed by atoms with Gasteiger partial charge in [0.15, 0.2) is 0 Å². The molecule has 0 radical (unpaired) electrons. The lowest BCUT2D eigenvalue weighted by Gasteiger charge is -2.19. The third-order valence-corrected chi connectivity index (χ3v) is 4.99. The van der Waals surface area contributed by atoms with Gasteiger partial charge in [-0.2, -0.15) is 5.10 Å². The Morgan fingerprint density at radius 2 is 2.22 bits per heavy atom. The Bertz CT molecular complexity index is 792. The van der Waals surface area contributed by atoms with Crippen LogP contribution in [0.25, 0.3) is 0 Å². The number of methoxy groups -OCH3 is 1. The van der Waals surface area contributed by atoms with E-state index in [1.807, 2.05) is 4.57 Å². The van der Waals surface area contributed by atoms with Gasteiger partial charge < -0.3 is 24.3 Å². The highest BCUT2D eigenvalue weighted by Crippen LogP contribution is 2.14. The number of carbonyl (C=O) groups excluding carboxylic acids is 2. The molecule has 2 atom stereocenters. The summed E-state index contributed by atoms with van der Waals surface area (Å²) in [6.45, 7) is 2.60. The molecule has 144 valence electrons. The van der Waals surface area contributed by atoms with Gasteiger partial charge in [-0.25, -0.2) is 4.98 Å². The highest BCUT2D eigenvalue weighted by atomic mass is 16.5. The van der Waals surface area contributed by atoms with Gasteiger partial charge >= 0.3 is 0 Å². The number of ether oxygens (including phenoxy) is 2. The quantitative estimate of drug-likeness (QED) is 0.742. The van der Waals surface area contributed by atoms with Gasteiger partial charge in [-0.3, -0.25) is 14.7 Å². The zero-order valence-corrected chi connectivity index (χ0v) is 15.1. The molecule has 0 unspecified atom stereocenters. The fourth-order valence-electron chi connectivity index (χ4n) is 3.43. The average Bonchev–Trinajstić information content (AvgIpc) is 3.40. The van der Waals surface area contributed by atoms with E-state index in [4.69, 9.17) is 9.47 Å². The van der Waals surface area contributed by atoms with E-state index in [9.17, 15) is 9.59 Å². The van der Waals surface area contributed by atoms with Crippen LogP contribution in [-0.4, -0.2) is 82.0 Å². The summed E-state index contributed by atoms with van der Waals surface area (Å²) in [7, 11) is 1.61. The minimum absolute atomic E-state index is 0.0562. The van der Waals surface area contributed by atoms with Crippen molar-refractivity contribution in [3.05, 3.63) is 35.7 Å². The molecular formula is C17H22N6O4. The number of rotatable bonds is 4. The van der Waals surface area contributed by atoms with Crippen LogP contribution in [0, 0.1) is 0 Å². The number of nitrogens with one attached hydrogen (secondary N) is 2. The molecule has 2 aliphatic heterocycles. The highest BCUT2D eigenvalue weighted by Gasteiger charge is 2.31. The van der Waals surface area contributed by atoms with Crippen LogP contribution in [0.15, 0.2) is 18.6 Å². The Balaban J connectivity index is 1.40. The third-order valence-electron chi connectivity index (χ3n) is 4.99. The van der Waals surface area contributed by atoms with Gasteiger partial charge in [-0.15, -0.1) is 0 Å². The van der Waals surface area contributed by atoms with Gasteiger partial charge in [0.1, 0.15) is 17.6 Å². The topological polar surface area (TPSA) is 114 Å². The molecule has 1 saturated heterocycles. The second-order valence-corrected chi connectivity index (χ2v) is 6.66. The highest BCUT2D eigenvalue weighted by molar-refractivity contribution is 5.94. The van der Waals surface area contributed by atoms with E-state index >= 15 is 0 Å². The minimum Gasteiger partial charge on any atom is -0.377 e. The third kappa shape index (κ3) is 3.58. The van der Waals surface area contributed by atoms with E-state index in [1.165, 1.54) is 6.20 Å². The molecule has 2 aliphatic rings. The van der Waals surface area contributed by atoms with Crippen molar-refractivity contribution in [3.8, 4) is 0 Å². The van der Waals surface area contributed by atoms with Crippen molar-refractivity contribution in [1.82, 2.24) is 30.0 Å². The Kier molecular flexibility index (Phi) is 4.90. The van der Waals surface area contributed by atoms with Gasteiger partial charge in [0.2, 0.25) is 0 Å². The summed E-state index contributed by atoms with van der Waals surface area (Å²) in [5.41, 5.74) is 0.919. The summed E-state index contributed by atoms with van der Waals surface area (Å²) in [5.74, 6) is 0.507. The van der Waals surface area contributed by atoms with E-state index in [-0.39, 0.29) is 24.0 Å². The SMILES string of the molecule is CO[C@@H]1COC[C@@H]1NC(=O)c1cn2c(n1)CCN(C(=O)c1cn[nH]c1)CC2. The zero-order valence-electron chi connectivity index (χ0n) is 15.1. The molecular weight excluding hydrogens is 352 g/mol. The predicted molar refractivity (Wildman–Crippen MR) is 93.3 cm³/mol. The molecule has 1 fully saturated rings. The van der Waals surface area contributed by atoms with E-state index in [0.29, 0.717) is 50.5 Å². The predicted octanol–water partition coefficient (Wildman–Crippen LogP) is -0.552. The Labute approximate surface area is 155 Å². The fourth-order valence-corrected chi connectivity index (χ4v) is 3.43. The number of imidazole rings is 1. The number of fused-ring (bicyclic) bond motifs is 1. The van der Waals surface area contributed by atoms with Gasteiger partial charge in [0.05, 0.1) is 31.0 Å². The Morgan fingerprint density at radius 3 is 3.00 bits per heavy atom. The maximum Gasteiger partial charge on any atom is 0.271 e. The lowest BCUT2D eigenvalue weighted by atomic mass is 10.2. The summed E-state index contributed by atoms with van der Waals surface area (Å²) >= 11 is 0. The summed E-state index contributed by atoms with van der Waals surface area (Å²) in [4.78, 5) is 31.2. The first-order valence-corrected chi connectivity index (χ1v) is 8.91. The first-order chi connectivity index (χ1) is 13.2. The van der Waals surface area contributed by atoms with Crippen LogP contribution in [0.1, 0.15) is 26.7 Å². The second kappa shape index (κ2) is 7.49. The van der Waals surface area contributed by atoms with Crippen LogP contribution < -0.4 is 5.32 Å². The Hall–Kier alpha value is -2.72. The number of hydrogen-bond acceptors (Lipinski definition) is 6. The van der Waals surface area contributed by atoms with Crippen LogP contribution in [-0.2, 0) is 22.4 Å². The summed E-state index contributed by atoms with van der Waals surface area (Å²) in [6, 6.07) is -0.174. The van der Waals surface area contributed by atoms with Gasteiger partial charge in [-0.1, -0.05) is 0 Å². The number of aromatic amines is 1. The fraction of sp³-hybridized carbons (Fsp3) is 0.529. The molecule has 0 aliphatic carbocycles. The molecule has 2 amide bonds. The summed E-state index contributed by atoms with van der Waals surface area (Å²) in [6.07, 6.45) is 5.30. The molecule has 2 aromatic rings. The van der Waals surface area contributed by atoms with E-state index in [1.54, 1.807) is 24.4 Å². The summed E-state index contributed by atoms with van der Waals surface area (Å²) in [5, 5.41) is 9.41. The molecule has 0 saturated carbocycles. The van der Waals surface area contributed by atoms with Crippen molar-refractivity contribution in [2.75, 3.05) is 33.4 Å². The second-order valence-electron chi connectivity index (χ2n) is 6.66. The van der Waals surface area contributed by atoms with Crippen LogP contribution in [0.2, 0.25) is 0 Å². The molecule has 4 heterocycles. The maximum atomic E-state index is 12.5. The van der Waals surface area contributed by atoms with Crippen LogP contribution in [0.4, 0.5) is 0 Å².